The lowest BCUT2D eigenvalue weighted by atomic mass is 9.84. The lowest BCUT2D eigenvalue weighted by Gasteiger charge is -2.27. The molecule has 0 heterocycles. The Balaban J connectivity index is 4.05. The van der Waals surface area contributed by atoms with Crippen molar-refractivity contribution in [3.8, 4) is 0 Å². The van der Waals surface area contributed by atoms with Crippen LogP contribution in [0.4, 0.5) is 0 Å². The fourth-order valence-electron chi connectivity index (χ4n) is 1.76. The molecule has 3 unspecified atom stereocenters. The second-order valence-electron chi connectivity index (χ2n) is 3.68. The minimum absolute atomic E-state index is 0.178. The first kappa shape index (κ1) is 12.9. The Hall–Kier alpha value is -0.120. The van der Waals surface area contributed by atoms with Crippen molar-refractivity contribution in [2.45, 2.75) is 32.7 Å². The van der Waals surface area contributed by atoms with Crippen molar-refractivity contribution in [2.75, 3.05) is 20.3 Å². The molecule has 0 spiro atoms. The SMILES string of the molecule is CCC(N)C(CCO)C(C)COC. The predicted octanol–water partition coefficient (Wildman–Crippen LogP) is 1.00. The molecule has 0 aromatic rings. The molecule has 0 bridgehead atoms. The van der Waals surface area contributed by atoms with E-state index in [4.69, 9.17) is 15.6 Å². The minimum Gasteiger partial charge on any atom is -0.396 e. The van der Waals surface area contributed by atoms with Crippen molar-refractivity contribution >= 4 is 0 Å². The predicted molar refractivity (Wildman–Crippen MR) is 54.5 cm³/mol. The summed E-state index contributed by atoms with van der Waals surface area (Å²) in [6, 6.07) is 0.178. The highest BCUT2D eigenvalue weighted by Gasteiger charge is 2.22. The molecular weight excluding hydrogens is 166 g/mol. The second-order valence-corrected chi connectivity index (χ2v) is 3.68. The van der Waals surface area contributed by atoms with Gasteiger partial charge in [-0.25, -0.2) is 0 Å². The summed E-state index contributed by atoms with van der Waals surface area (Å²) in [5, 5.41) is 8.90. The molecule has 3 atom stereocenters. The van der Waals surface area contributed by atoms with Gasteiger partial charge < -0.3 is 15.6 Å². The highest BCUT2D eigenvalue weighted by molar-refractivity contribution is 4.76. The molecule has 0 rings (SSSR count). The Labute approximate surface area is 81.3 Å². The Bertz CT molecular complexity index is 119. The van der Waals surface area contributed by atoms with Crippen LogP contribution in [0.3, 0.4) is 0 Å². The van der Waals surface area contributed by atoms with Crippen molar-refractivity contribution in [1.82, 2.24) is 0 Å². The Morgan fingerprint density at radius 2 is 2.08 bits per heavy atom. The minimum atomic E-state index is 0.178. The molecule has 0 aromatic heterocycles. The largest absolute Gasteiger partial charge is 0.396 e. The lowest BCUT2D eigenvalue weighted by molar-refractivity contribution is 0.105. The van der Waals surface area contributed by atoms with Crippen LogP contribution in [0.1, 0.15) is 26.7 Å². The highest BCUT2D eigenvalue weighted by atomic mass is 16.5. The van der Waals surface area contributed by atoms with E-state index in [1.54, 1.807) is 7.11 Å². The van der Waals surface area contributed by atoms with Crippen molar-refractivity contribution in [3.05, 3.63) is 0 Å². The topological polar surface area (TPSA) is 55.5 Å². The molecule has 13 heavy (non-hydrogen) atoms. The van der Waals surface area contributed by atoms with E-state index < -0.39 is 0 Å². The Morgan fingerprint density at radius 1 is 1.46 bits per heavy atom. The average Bonchev–Trinajstić information content (AvgIpc) is 2.13. The van der Waals surface area contributed by atoms with E-state index in [1.165, 1.54) is 0 Å². The molecule has 0 fully saturated rings. The standard InChI is InChI=1S/C10H23NO2/c1-4-10(11)9(5-6-12)8(2)7-13-3/h8-10,12H,4-7,11H2,1-3H3. The first-order chi connectivity index (χ1) is 6.17. The molecule has 0 amide bonds. The van der Waals surface area contributed by atoms with Crippen LogP contribution in [0.2, 0.25) is 0 Å². The van der Waals surface area contributed by atoms with Crippen LogP contribution in [-0.4, -0.2) is 31.5 Å². The van der Waals surface area contributed by atoms with Crippen molar-refractivity contribution in [3.63, 3.8) is 0 Å². The van der Waals surface area contributed by atoms with Gasteiger partial charge in [-0.3, -0.25) is 0 Å². The highest BCUT2D eigenvalue weighted by Crippen LogP contribution is 2.20. The average molecular weight is 189 g/mol. The third-order valence-electron chi connectivity index (χ3n) is 2.64. The molecule has 80 valence electrons. The van der Waals surface area contributed by atoms with Crippen LogP contribution in [0.25, 0.3) is 0 Å². The van der Waals surface area contributed by atoms with Crippen molar-refractivity contribution in [1.29, 1.82) is 0 Å². The van der Waals surface area contributed by atoms with E-state index in [9.17, 15) is 0 Å². The molecule has 0 aliphatic rings. The molecule has 3 heteroatoms. The second kappa shape index (κ2) is 7.30. The molecule has 3 N–H and O–H groups in total. The van der Waals surface area contributed by atoms with Gasteiger partial charge in [0.1, 0.15) is 0 Å². The maximum absolute atomic E-state index is 8.90. The van der Waals surface area contributed by atoms with Crippen LogP contribution in [0.5, 0.6) is 0 Å². The third-order valence-corrected chi connectivity index (χ3v) is 2.64. The molecular formula is C10H23NO2. The lowest BCUT2D eigenvalue weighted by Crippen LogP contribution is -2.35. The van der Waals surface area contributed by atoms with Gasteiger partial charge in [-0.05, 0) is 24.7 Å². The van der Waals surface area contributed by atoms with E-state index in [0.717, 1.165) is 19.4 Å². The summed E-state index contributed by atoms with van der Waals surface area (Å²) in [5.74, 6) is 0.794. The van der Waals surface area contributed by atoms with Gasteiger partial charge in [0.15, 0.2) is 0 Å². The fraction of sp³-hybridized carbons (Fsp3) is 1.00. The zero-order valence-corrected chi connectivity index (χ0v) is 8.99. The number of aliphatic hydroxyl groups excluding tert-OH is 1. The van der Waals surface area contributed by atoms with Crippen LogP contribution < -0.4 is 5.73 Å². The summed E-state index contributed by atoms with van der Waals surface area (Å²) in [4.78, 5) is 0. The summed E-state index contributed by atoms with van der Waals surface area (Å²) in [6.45, 7) is 5.14. The van der Waals surface area contributed by atoms with Crippen LogP contribution in [0, 0.1) is 11.8 Å². The number of rotatable bonds is 7. The number of aliphatic hydroxyl groups is 1. The molecule has 0 aliphatic heterocycles. The number of hydrogen-bond donors (Lipinski definition) is 2. The number of methoxy groups -OCH3 is 1. The molecule has 0 saturated carbocycles. The van der Waals surface area contributed by atoms with Gasteiger partial charge in [-0.1, -0.05) is 13.8 Å². The summed E-state index contributed by atoms with van der Waals surface area (Å²) in [5.41, 5.74) is 5.97. The number of ether oxygens (including phenoxy) is 1. The third kappa shape index (κ3) is 4.60. The van der Waals surface area contributed by atoms with Gasteiger partial charge in [0.2, 0.25) is 0 Å². The number of hydrogen-bond acceptors (Lipinski definition) is 3. The van der Waals surface area contributed by atoms with E-state index >= 15 is 0 Å². The smallest absolute Gasteiger partial charge is 0.0491 e. The molecule has 0 aromatic carbocycles. The van der Waals surface area contributed by atoms with Crippen LogP contribution >= 0.6 is 0 Å². The maximum Gasteiger partial charge on any atom is 0.0491 e. The van der Waals surface area contributed by atoms with Gasteiger partial charge >= 0.3 is 0 Å². The summed E-state index contributed by atoms with van der Waals surface area (Å²) < 4.78 is 5.09. The van der Waals surface area contributed by atoms with Gasteiger partial charge in [0.25, 0.3) is 0 Å². The van der Waals surface area contributed by atoms with E-state index in [0.29, 0.717) is 11.8 Å². The van der Waals surface area contributed by atoms with E-state index in [2.05, 4.69) is 13.8 Å². The fourth-order valence-corrected chi connectivity index (χ4v) is 1.76. The summed E-state index contributed by atoms with van der Waals surface area (Å²) in [6.07, 6.45) is 1.73. The monoisotopic (exact) mass is 189 g/mol. The van der Waals surface area contributed by atoms with Crippen LogP contribution in [-0.2, 0) is 4.74 Å². The van der Waals surface area contributed by atoms with Crippen molar-refractivity contribution < 1.29 is 9.84 Å². The van der Waals surface area contributed by atoms with Gasteiger partial charge in [-0.2, -0.15) is 0 Å². The van der Waals surface area contributed by atoms with Crippen LogP contribution in [0.15, 0.2) is 0 Å². The van der Waals surface area contributed by atoms with Gasteiger partial charge in [-0.15, -0.1) is 0 Å². The zero-order chi connectivity index (χ0) is 10.3. The summed E-state index contributed by atoms with van der Waals surface area (Å²) >= 11 is 0. The van der Waals surface area contributed by atoms with Gasteiger partial charge in [0.05, 0.1) is 0 Å². The van der Waals surface area contributed by atoms with Gasteiger partial charge in [0, 0.05) is 26.4 Å². The zero-order valence-electron chi connectivity index (χ0n) is 8.99. The Morgan fingerprint density at radius 3 is 2.46 bits per heavy atom. The Kier molecular flexibility index (Phi) is 7.23. The first-order valence-corrected chi connectivity index (χ1v) is 5.02. The quantitative estimate of drug-likeness (QED) is 0.628. The van der Waals surface area contributed by atoms with E-state index in [-0.39, 0.29) is 12.6 Å². The maximum atomic E-state index is 8.90. The van der Waals surface area contributed by atoms with Crippen molar-refractivity contribution in [2.24, 2.45) is 17.6 Å². The normalized spacial score (nSPS) is 18.2. The molecule has 0 aliphatic carbocycles. The first-order valence-electron chi connectivity index (χ1n) is 5.02. The molecule has 0 saturated heterocycles. The molecule has 3 nitrogen and oxygen atoms in total. The molecule has 0 radical (unpaired) electrons. The number of nitrogens with two attached hydrogens (primary N) is 1. The van der Waals surface area contributed by atoms with E-state index in [1.807, 2.05) is 0 Å². The summed E-state index contributed by atoms with van der Waals surface area (Å²) in [7, 11) is 1.70.